The standard InChI is InChI=1S/C13H20N2O3/c1-4-5-6-15-13(18)10(8-12(16)17)7-11(14-15)9(2)3/h7,9H,4-6,8H2,1-3H3,(H,16,17). The Morgan fingerprint density at radius 3 is 2.67 bits per heavy atom. The second-order valence-electron chi connectivity index (χ2n) is 4.70. The highest BCUT2D eigenvalue weighted by molar-refractivity contribution is 5.70. The van der Waals surface area contributed by atoms with Crippen LogP contribution in [0.2, 0.25) is 0 Å². The van der Waals surface area contributed by atoms with Crippen molar-refractivity contribution < 1.29 is 9.90 Å². The highest BCUT2D eigenvalue weighted by atomic mass is 16.4. The fourth-order valence-corrected chi connectivity index (χ4v) is 1.65. The van der Waals surface area contributed by atoms with Crippen LogP contribution in [0.4, 0.5) is 0 Å². The first-order valence-corrected chi connectivity index (χ1v) is 6.28. The molecule has 0 aliphatic carbocycles. The van der Waals surface area contributed by atoms with Crippen LogP contribution in [-0.2, 0) is 17.8 Å². The molecule has 0 aliphatic rings. The van der Waals surface area contributed by atoms with Crippen molar-refractivity contribution in [2.75, 3.05) is 0 Å². The number of rotatable bonds is 6. The normalized spacial score (nSPS) is 10.9. The van der Waals surface area contributed by atoms with E-state index in [1.165, 1.54) is 4.68 Å². The number of carbonyl (C=O) groups is 1. The summed E-state index contributed by atoms with van der Waals surface area (Å²) in [4.78, 5) is 22.8. The van der Waals surface area contributed by atoms with Gasteiger partial charge in [-0.05, 0) is 18.4 Å². The van der Waals surface area contributed by atoms with Crippen molar-refractivity contribution in [1.29, 1.82) is 0 Å². The van der Waals surface area contributed by atoms with Crippen molar-refractivity contribution in [3.05, 3.63) is 27.7 Å². The van der Waals surface area contributed by atoms with Crippen molar-refractivity contribution in [2.24, 2.45) is 0 Å². The summed E-state index contributed by atoms with van der Waals surface area (Å²) in [6.07, 6.45) is 1.59. The Morgan fingerprint density at radius 1 is 1.50 bits per heavy atom. The second kappa shape index (κ2) is 6.33. The van der Waals surface area contributed by atoms with Crippen LogP contribution in [0.15, 0.2) is 10.9 Å². The maximum Gasteiger partial charge on any atom is 0.308 e. The minimum Gasteiger partial charge on any atom is -0.481 e. The van der Waals surface area contributed by atoms with Gasteiger partial charge in [-0.25, -0.2) is 4.68 Å². The number of carboxylic acids is 1. The molecule has 1 aromatic heterocycles. The summed E-state index contributed by atoms with van der Waals surface area (Å²) < 4.78 is 1.40. The Kier molecular flexibility index (Phi) is 5.07. The van der Waals surface area contributed by atoms with Gasteiger partial charge in [-0.15, -0.1) is 0 Å². The van der Waals surface area contributed by atoms with Gasteiger partial charge in [0, 0.05) is 12.1 Å². The first-order chi connectivity index (χ1) is 8.45. The summed E-state index contributed by atoms with van der Waals surface area (Å²) in [5, 5.41) is 13.1. The molecule has 0 saturated carbocycles. The van der Waals surface area contributed by atoms with E-state index in [1.807, 2.05) is 20.8 Å². The van der Waals surface area contributed by atoms with Gasteiger partial charge in [-0.1, -0.05) is 27.2 Å². The summed E-state index contributed by atoms with van der Waals surface area (Å²) in [5.41, 5.74) is 0.800. The van der Waals surface area contributed by atoms with Crippen molar-refractivity contribution in [3.63, 3.8) is 0 Å². The fraction of sp³-hybridized carbons (Fsp3) is 0.615. The van der Waals surface area contributed by atoms with Crippen LogP contribution >= 0.6 is 0 Å². The van der Waals surface area contributed by atoms with Crippen molar-refractivity contribution in [2.45, 2.75) is 52.5 Å². The molecule has 5 heteroatoms. The summed E-state index contributed by atoms with van der Waals surface area (Å²) in [6, 6.07) is 1.61. The molecule has 1 rings (SSSR count). The van der Waals surface area contributed by atoms with E-state index in [0.29, 0.717) is 12.1 Å². The monoisotopic (exact) mass is 252 g/mol. The third-order valence-corrected chi connectivity index (χ3v) is 2.72. The highest BCUT2D eigenvalue weighted by Crippen LogP contribution is 2.11. The molecule has 0 amide bonds. The number of unbranched alkanes of at least 4 members (excludes halogenated alkanes) is 1. The molecule has 0 saturated heterocycles. The van der Waals surface area contributed by atoms with E-state index >= 15 is 0 Å². The molecule has 5 nitrogen and oxygen atoms in total. The Hall–Kier alpha value is -1.65. The van der Waals surface area contributed by atoms with Crippen LogP contribution in [0, 0.1) is 0 Å². The zero-order chi connectivity index (χ0) is 13.7. The van der Waals surface area contributed by atoms with Crippen LogP contribution in [0.5, 0.6) is 0 Å². The largest absolute Gasteiger partial charge is 0.481 e. The summed E-state index contributed by atoms with van der Waals surface area (Å²) >= 11 is 0. The average molecular weight is 252 g/mol. The topological polar surface area (TPSA) is 72.2 Å². The number of hydrogen-bond donors (Lipinski definition) is 1. The summed E-state index contributed by atoms with van der Waals surface area (Å²) in [6.45, 7) is 6.53. The number of nitrogens with zero attached hydrogens (tertiary/aromatic N) is 2. The Bertz CT molecular complexity index is 478. The van der Waals surface area contributed by atoms with Gasteiger partial charge in [0.05, 0.1) is 12.1 Å². The molecule has 0 bridgehead atoms. The van der Waals surface area contributed by atoms with Gasteiger partial charge in [0.1, 0.15) is 0 Å². The van der Waals surface area contributed by atoms with Crippen LogP contribution in [0.1, 0.15) is 50.8 Å². The van der Waals surface area contributed by atoms with E-state index in [-0.39, 0.29) is 17.9 Å². The number of aliphatic carboxylic acids is 1. The van der Waals surface area contributed by atoms with Crippen LogP contribution in [0.25, 0.3) is 0 Å². The van der Waals surface area contributed by atoms with E-state index in [9.17, 15) is 9.59 Å². The smallest absolute Gasteiger partial charge is 0.308 e. The zero-order valence-corrected chi connectivity index (χ0v) is 11.1. The predicted octanol–water partition coefficient (Wildman–Crippen LogP) is 1.79. The maximum atomic E-state index is 12.0. The molecule has 100 valence electrons. The SMILES string of the molecule is CCCCn1nc(C(C)C)cc(CC(=O)O)c1=O. The van der Waals surface area contributed by atoms with E-state index in [2.05, 4.69) is 5.10 Å². The minimum atomic E-state index is -0.991. The minimum absolute atomic E-state index is 0.172. The van der Waals surface area contributed by atoms with Gasteiger partial charge in [-0.2, -0.15) is 5.10 Å². The zero-order valence-electron chi connectivity index (χ0n) is 11.1. The molecule has 0 aliphatic heterocycles. The van der Waals surface area contributed by atoms with Gasteiger partial charge in [-0.3, -0.25) is 9.59 Å². The van der Waals surface area contributed by atoms with Crippen molar-refractivity contribution >= 4 is 5.97 Å². The molecule has 0 fully saturated rings. The first-order valence-electron chi connectivity index (χ1n) is 6.28. The molecular formula is C13H20N2O3. The molecule has 0 aromatic carbocycles. The third kappa shape index (κ3) is 3.68. The van der Waals surface area contributed by atoms with E-state index in [4.69, 9.17) is 5.11 Å². The van der Waals surface area contributed by atoms with Gasteiger partial charge in [0.15, 0.2) is 0 Å². The van der Waals surface area contributed by atoms with Crippen LogP contribution < -0.4 is 5.56 Å². The van der Waals surface area contributed by atoms with Crippen LogP contribution in [0.3, 0.4) is 0 Å². The molecule has 1 heterocycles. The van der Waals surface area contributed by atoms with Crippen molar-refractivity contribution in [1.82, 2.24) is 9.78 Å². The molecular weight excluding hydrogens is 232 g/mol. The average Bonchev–Trinajstić information content (AvgIpc) is 2.29. The van der Waals surface area contributed by atoms with Gasteiger partial charge in [0.25, 0.3) is 5.56 Å². The van der Waals surface area contributed by atoms with Gasteiger partial charge in [0.2, 0.25) is 0 Å². The summed E-state index contributed by atoms with van der Waals surface area (Å²) in [5.74, 6) is -0.818. The number of aryl methyl sites for hydroxylation is 1. The molecule has 0 atom stereocenters. The highest BCUT2D eigenvalue weighted by Gasteiger charge is 2.13. The van der Waals surface area contributed by atoms with Gasteiger partial charge < -0.3 is 5.11 Å². The third-order valence-electron chi connectivity index (χ3n) is 2.72. The van der Waals surface area contributed by atoms with Crippen LogP contribution in [-0.4, -0.2) is 20.9 Å². The lowest BCUT2D eigenvalue weighted by Crippen LogP contribution is -2.29. The summed E-state index contributed by atoms with van der Waals surface area (Å²) in [7, 11) is 0. The van der Waals surface area contributed by atoms with Gasteiger partial charge >= 0.3 is 5.97 Å². The predicted molar refractivity (Wildman–Crippen MR) is 68.8 cm³/mol. The Balaban J connectivity index is 3.19. The molecule has 1 aromatic rings. The van der Waals surface area contributed by atoms with Crippen molar-refractivity contribution in [3.8, 4) is 0 Å². The first kappa shape index (κ1) is 14.4. The number of aromatic nitrogens is 2. The lowest BCUT2D eigenvalue weighted by atomic mass is 10.1. The Morgan fingerprint density at radius 2 is 2.17 bits per heavy atom. The number of carboxylic acid groups (broad SMARTS) is 1. The quantitative estimate of drug-likeness (QED) is 0.837. The fourth-order valence-electron chi connectivity index (χ4n) is 1.65. The molecule has 18 heavy (non-hydrogen) atoms. The van der Waals surface area contributed by atoms with E-state index < -0.39 is 5.97 Å². The molecule has 1 N–H and O–H groups in total. The lowest BCUT2D eigenvalue weighted by Gasteiger charge is -2.11. The lowest BCUT2D eigenvalue weighted by molar-refractivity contribution is -0.136. The van der Waals surface area contributed by atoms with E-state index in [1.54, 1.807) is 6.07 Å². The Labute approximate surface area is 106 Å². The van der Waals surface area contributed by atoms with E-state index in [0.717, 1.165) is 18.5 Å². The maximum absolute atomic E-state index is 12.0. The number of hydrogen-bond acceptors (Lipinski definition) is 3. The molecule has 0 radical (unpaired) electrons. The molecule has 0 spiro atoms. The second-order valence-corrected chi connectivity index (χ2v) is 4.70. The molecule has 0 unspecified atom stereocenters.